The van der Waals surface area contributed by atoms with Crippen molar-refractivity contribution in [1.82, 2.24) is 96.3 Å². The molecule has 15 rings (SSSR count). The van der Waals surface area contributed by atoms with E-state index in [0.29, 0.717) is 43.4 Å². The number of aromatic nitrogens is 13. The smallest absolute Gasteiger partial charge is 0.227 e. The summed E-state index contributed by atoms with van der Waals surface area (Å²) >= 11 is 13.5. The van der Waals surface area contributed by atoms with Crippen molar-refractivity contribution in [2.45, 2.75) is 111 Å². The van der Waals surface area contributed by atoms with Crippen LogP contribution >= 0.6 is 92.4 Å². The van der Waals surface area contributed by atoms with Crippen LogP contribution in [0.2, 0.25) is 0 Å². The second-order valence-electron chi connectivity index (χ2n) is 28.6. The second kappa shape index (κ2) is 46.6. The van der Waals surface area contributed by atoms with Gasteiger partial charge in [0.25, 0.3) is 0 Å². The molecule has 24 nitrogen and oxygen atoms in total. The number of aryl methyl sites for hydroxylation is 8. The molecule has 1 fully saturated rings. The quantitative estimate of drug-likeness (QED) is 0.0135. The van der Waals surface area contributed by atoms with E-state index in [9.17, 15) is 0 Å². The molecule has 0 unspecified atom stereocenters. The van der Waals surface area contributed by atoms with Crippen molar-refractivity contribution in [3.05, 3.63) is 255 Å². The minimum Gasteiger partial charge on any atom is -0.395 e. The van der Waals surface area contributed by atoms with Gasteiger partial charge >= 0.3 is 0 Å². The van der Waals surface area contributed by atoms with E-state index < -0.39 is 0 Å². The monoisotopic (exact) mass is 1770 g/mol. The van der Waals surface area contributed by atoms with Crippen molar-refractivity contribution in [2.75, 3.05) is 98.7 Å². The van der Waals surface area contributed by atoms with Crippen molar-refractivity contribution < 1.29 is 5.11 Å². The first-order valence-electron chi connectivity index (χ1n) is 39.6. The van der Waals surface area contributed by atoms with E-state index >= 15 is 0 Å². The van der Waals surface area contributed by atoms with Crippen LogP contribution in [-0.2, 0) is 39.3 Å². The van der Waals surface area contributed by atoms with Crippen LogP contribution < -0.4 is 47.9 Å². The largest absolute Gasteiger partial charge is 0.395 e. The predicted octanol–water partition coefficient (Wildman–Crippen LogP) is 18.8. The number of aliphatic hydroxyl groups excluding tert-OH is 1. The molecule has 10 N–H and O–H groups in total. The summed E-state index contributed by atoms with van der Waals surface area (Å²) in [5, 5.41) is 42.9. The Labute approximate surface area is 742 Å². The average molecular weight is 1770 g/mol. The summed E-state index contributed by atoms with van der Waals surface area (Å²) in [6.07, 6.45) is 19.1. The number of pyridine rings is 1. The number of aliphatic hydroxyl groups is 1. The van der Waals surface area contributed by atoms with Crippen molar-refractivity contribution in [2.24, 2.45) is 0 Å². The van der Waals surface area contributed by atoms with Crippen molar-refractivity contribution >= 4 is 139 Å². The van der Waals surface area contributed by atoms with Crippen molar-refractivity contribution in [3.8, 4) is 42.8 Å². The molecule has 5 aromatic carbocycles. The Morgan fingerprint density at radius 3 is 0.983 bits per heavy atom. The molecule has 10 heterocycles. The normalized spacial score (nSPS) is 11.9. The summed E-state index contributed by atoms with van der Waals surface area (Å²) in [7, 11) is 0. The third-order valence-corrected chi connectivity index (χ3v) is 27.4. The molecule has 0 bridgehead atoms. The topological polar surface area (TPSA) is 299 Å². The summed E-state index contributed by atoms with van der Waals surface area (Å²) in [6, 6.07) is 47.3. The summed E-state index contributed by atoms with van der Waals surface area (Å²) in [6.45, 7) is 28.2. The number of rotatable bonds is 33. The number of thioether (sulfide) groups is 4. The van der Waals surface area contributed by atoms with Gasteiger partial charge in [0.15, 0.2) is 0 Å². The van der Waals surface area contributed by atoms with Gasteiger partial charge in [-0.05, 0) is 215 Å². The Morgan fingerprint density at radius 1 is 0.355 bits per heavy atom. The number of benzene rings is 5. The van der Waals surface area contributed by atoms with E-state index in [-0.39, 0.29) is 6.61 Å². The Balaban J connectivity index is 0.000000148. The molecule has 1 saturated heterocycles. The zero-order valence-electron chi connectivity index (χ0n) is 70.1. The highest BCUT2D eigenvalue weighted by atomic mass is 32.2. The van der Waals surface area contributed by atoms with Gasteiger partial charge in [-0.2, -0.15) is 0 Å². The van der Waals surface area contributed by atoms with Crippen LogP contribution in [0, 0.1) is 55.4 Å². The molecule has 0 saturated carbocycles. The lowest BCUT2D eigenvalue weighted by atomic mass is 10.1. The molecule has 0 radical (unpaired) electrons. The first kappa shape index (κ1) is 90.6. The Bertz CT molecular complexity index is 5360. The third kappa shape index (κ3) is 28.2. The van der Waals surface area contributed by atoms with Gasteiger partial charge in [0.1, 0.15) is 42.8 Å². The van der Waals surface area contributed by atoms with Gasteiger partial charge in [0.2, 0.25) is 23.8 Å². The summed E-state index contributed by atoms with van der Waals surface area (Å²) in [5.41, 5.74) is 23.5. The molecule has 32 heteroatoms. The van der Waals surface area contributed by atoms with Gasteiger partial charge in [-0.3, -0.25) is 9.88 Å². The number of hydrogen-bond donors (Lipinski definition) is 10. The van der Waals surface area contributed by atoms with E-state index in [4.69, 9.17) is 40.0 Å². The minimum atomic E-state index is 0.116. The molecular weight excluding hydrogens is 1660 g/mol. The Morgan fingerprint density at radius 2 is 0.669 bits per heavy atom. The average Bonchev–Trinajstić information content (AvgIpc) is 1.48. The highest BCUT2D eigenvalue weighted by Gasteiger charge is 2.20. The number of piperazine rings is 1. The molecule has 121 heavy (non-hydrogen) atoms. The number of nitrogens with one attached hydrogen (secondary N) is 9. The lowest BCUT2D eigenvalue weighted by Crippen LogP contribution is -2.45. The first-order chi connectivity index (χ1) is 58.9. The lowest BCUT2D eigenvalue weighted by Gasteiger charge is -2.27. The fourth-order valence-corrected chi connectivity index (χ4v) is 20.0. The summed E-state index contributed by atoms with van der Waals surface area (Å²) < 4.78 is 4.78. The second-order valence-corrected chi connectivity index (χ2v) is 36.9. The highest BCUT2D eigenvalue weighted by molar-refractivity contribution is 8.01. The molecule has 9 aromatic heterocycles. The van der Waals surface area contributed by atoms with E-state index in [2.05, 4.69) is 260 Å². The van der Waals surface area contributed by atoms with E-state index in [0.717, 1.165) is 164 Å². The molecule has 14 aromatic rings. The SMILES string of the molecule is CSc1sc(-c2ccnc(Nc3cc(C)cc(C)c3)n2)nc1CNCCN1CCNCC1.CSc1sc(-c2ccnc(Nc3cc(C)cc(C)c3)n2)nc1CNCCO.CSc1sc(-c2ccnc(Nc3cc(C)cc(C)c3)n2)nc1CNCc1ccccc1.CSc1sc(-c2ccnc(Nc3cc(C)cc(C)c3)n2)nc1CNCc1cccnc1. The highest BCUT2D eigenvalue weighted by Crippen LogP contribution is 2.38. The standard InChI is InChI=1S/C24H25N5S2.C23H31N7S2.C23H24N6S2.C19H23N5OS2/c1-16-11-17(2)13-19(12-16)27-24-26-10-9-20(29-24)22-28-21(23(30-3)31-22)15-25-14-18-7-5-4-6-8-18;1-16-12-17(2)14-18(13-16)27-23-26-5-4-19(29-23)21-28-20(22(31-3)32-21)15-25-8-11-30-9-6-24-7-10-30;1-15-9-16(2)11-18(10-15)27-23-26-8-6-19(29-23)21-28-20(22(30-3)31-21)14-25-13-17-5-4-7-24-12-17;1-12-8-13(2)10-14(9-12)22-19-21-5-4-15(24-19)17-23-16(11-20-6-7-25)18(26-3)27-17/h4-13,25H,14-15H2,1-3H3,(H,26,27,29);4-5,12-14,24-25H,6-11,15H2,1-3H3,(H,26,27,29);4-12,25H,13-14H2,1-3H3,(H,26,27,29);4-5,8-10,20,25H,6-7,11H2,1-3H3,(H,21,22,24). The Hall–Kier alpha value is -9.59. The van der Waals surface area contributed by atoms with Crippen molar-refractivity contribution in [3.63, 3.8) is 0 Å². The molecule has 1 aliphatic rings. The van der Waals surface area contributed by atoms with Crippen LogP contribution in [0.1, 0.15) is 78.4 Å². The van der Waals surface area contributed by atoms with Gasteiger partial charge in [-0.25, -0.2) is 59.8 Å². The van der Waals surface area contributed by atoms with Gasteiger partial charge in [0, 0.05) is 145 Å². The molecule has 0 spiro atoms. The van der Waals surface area contributed by atoms with E-state index in [1.54, 1.807) is 123 Å². The molecule has 1 aliphatic heterocycles. The molecule has 0 aliphatic carbocycles. The van der Waals surface area contributed by atoms with Crippen LogP contribution in [0.25, 0.3) is 42.8 Å². The molecule has 0 atom stereocenters. The van der Waals surface area contributed by atoms with Gasteiger partial charge in [-0.1, -0.05) is 60.7 Å². The summed E-state index contributed by atoms with van der Waals surface area (Å²) in [5.74, 6) is 2.29. The zero-order valence-corrected chi connectivity index (χ0v) is 76.6. The maximum absolute atomic E-state index is 8.93. The van der Waals surface area contributed by atoms with Crippen LogP contribution in [-0.4, -0.2) is 152 Å². The summed E-state index contributed by atoms with van der Waals surface area (Å²) in [4.78, 5) is 62.3. The lowest BCUT2D eigenvalue weighted by molar-refractivity contribution is 0.241. The van der Waals surface area contributed by atoms with Crippen LogP contribution in [0.4, 0.5) is 46.5 Å². The van der Waals surface area contributed by atoms with Crippen molar-refractivity contribution in [1.29, 1.82) is 0 Å². The minimum absolute atomic E-state index is 0.116. The maximum Gasteiger partial charge on any atom is 0.227 e. The number of hydrogen-bond acceptors (Lipinski definition) is 32. The third-order valence-electron chi connectivity index (χ3n) is 18.3. The first-order valence-corrected chi connectivity index (χ1v) is 47.8. The fraction of sp³-hybridized carbons (Fsp3) is 0.292. The molecular formula is C89H103N23OS8. The number of anilines is 8. The zero-order chi connectivity index (χ0) is 84.8. The number of nitrogens with zero attached hydrogens (tertiary/aromatic N) is 14. The van der Waals surface area contributed by atoms with Gasteiger partial charge in [-0.15, -0.1) is 92.4 Å². The Kier molecular flexibility index (Phi) is 34.9. The fourth-order valence-electron chi connectivity index (χ4n) is 13.1. The van der Waals surface area contributed by atoms with Gasteiger partial charge in [0.05, 0.1) is 46.2 Å². The molecule has 628 valence electrons. The van der Waals surface area contributed by atoms with E-state index in [1.807, 2.05) is 48.9 Å². The number of thiazole rings is 4. The van der Waals surface area contributed by atoms with Gasteiger partial charge < -0.3 is 53.0 Å². The van der Waals surface area contributed by atoms with E-state index in [1.165, 1.54) is 62.7 Å². The predicted molar refractivity (Wildman–Crippen MR) is 508 cm³/mol. The van der Waals surface area contributed by atoms with Crippen LogP contribution in [0.3, 0.4) is 0 Å². The van der Waals surface area contributed by atoms with Crippen LogP contribution in [0.5, 0.6) is 0 Å². The van der Waals surface area contributed by atoms with Crippen LogP contribution in [0.15, 0.2) is 194 Å². The maximum atomic E-state index is 8.93. The molecule has 0 amide bonds.